The van der Waals surface area contributed by atoms with Gasteiger partial charge in [0.2, 0.25) is 0 Å². The van der Waals surface area contributed by atoms with Gasteiger partial charge in [0.05, 0.1) is 5.56 Å². The van der Waals surface area contributed by atoms with Crippen LogP contribution < -0.4 is 0 Å². The standard InChI is InChI=1S/C11H7FO/c12-11-6-9-4-2-1-3-8(9)5-10(11)7-13/h1-7H. The molecule has 13 heavy (non-hydrogen) atoms. The van der Waals surface area contributed by atoms with Crippen LogP contribution in [0.25, 0.3) is 10.8 Å². The number of halogens is 1. The lowest BCUT2D eigenvalue weighted by Crippen LogP contribution is -1.87. The molecule has 1 nitrogen and oxygen atoms in total. The lowest BCUT2D eigenvalue weighted by molar-refractivity contribution is 0.112. The van der Waals surface area contributed by atoms with E-state index in [0.717, 1.165) is 10.8 Å². The van der Waals surface area contributed by atoms with E-state index in [4.69, 9.17) is 0 Å². The first-order valence-electron chi connectivity index (χ1n) is 3.95. The summed E-state index contributed by atoms with van der Waals surface area (Å²) in [6.07, 6.45) is 0.530. The molecule has 0 heterocycles. The molecule has 0 saturated carbocycles. The maximum atomic E-state index is 13.1. The summed E-state index contributed by atoms with van der Waals surface area (Å²) in [5.41, 5.74) is 0.110. The highest BCUT2D eigenvalue weighted by Gasteiger charge is 2.02. The Labute approximate surface area is 74.8 Å². The fourth-order valence-corrected chi connectivity index (χ4v) is 1.32. The Balaban J connectivity index is 2.81. The number of hydrogen-bond acceptors (Lipinski definition) is 1. The van der Waals surface area contributed by atoms with Crippen LogP contribution in [0, 0.1) is 5.82 Å². The van der Waals surface area contributed by atoms with Gasteiger partial charge < -0.3 is 0 Å². The summed E-state index contributed by atoms with van der Waals surface area (Å²) in [6.45, 7) is 0. The van der Waals surface area contributed by atoms with E-state index in [1.54, 1.807) is 6.07 Å². The number of benzene rings is 2. The van der Waals surface area contributed by atoms with Crippen LogP contribution in [-0.4, -0.2) is 6.29 Å². The maximum absolute atomic E-state index is 13.1. The van der Waals surface area contributed by atoms with E-state index in [2.05, 4.69) is 0 Å². The van der Waals surface area contributed by atoms with Gasteiger partial charge in [0, 0.05) is 0 Å². The quantitative estimate of drug-likeness (QED) is 0.607. The van der Waals surface area contributed by atoms with Gasteiger partial charge in [0.25, 0.3) is 0 Å². The molecule has 64 valence electrons. The van der Waals surface area contributed by atoms with Gasteiger partial charge in [0.15, 0.2) is 6.29 Å². The first-order chi connectivity index (χ1) is 6.31. The number of rotatable bonds is 1. The van der Waals surface area contributed by atoms with E-state index in [1.165, 1.54) is 6.07 Å². The van der Waals surface area contributed by atoms with Crippen molar-refractivity contribution in [3.63, 3.8) is 0 Å². The molecule has 0 bridgehead atoms. The third-order valence-corrected chi connectivity index (χ3v) is 1.99. The molecule has 0 aliphatic heterocycles. The zero-order valence-corrected chi connectivity index (χ0v) is 6.83. The molecule has 0 spiro atoms. The first kappa shape index (κ1) is 7.92. The van der Waals surface area contributed by atoms with Crippen molar-refractivity contribution >= 4 is 17.1 Å². The SMILES string of the molecule is O=Cc1cc2ccccc2cc1F. The van der Waals surface area contributed by atoms with Gasteiger partial charge in [-0.1, -0.05) is 24.3 Å². The monoisotopic (exact) mass is 174 g/mol. The molecule has 2 heteroatoms. The second-order valence-corrected chi connectivity index (χ2v) is 2.84. The van der Waals surface area contributed by atoms with Crippen molar-refractivity contribution in [3.05, 3.63) is 47.8 Å². The predicted octanol–water partition coefficient (Wildman–Crippen LogP) is 2.79. The van der Waals surface area contributed by atoms with Crippen molar-refractivity contribution in [2.45, 2.75) is 0 Å². The van der Waals surface area contributed by atoms with Crippen LogP contribution in [0.3, 0.4) is 0 Å². The second-order valence-electron chi connectivity index (χ2n) is 2.84. The largest absolute Gasteiger partial charge is 0.298 e. The highest BCUT2D eigenvalue weighted by molar-refractivity contribution is 5.89. The normalized spacial score (nSPS) is 10.2. The number of carbonyl (C=O) groups is 1. The Morgan fingerprint density at radius 3 is 2.31 bits per heavy atom. The minimum Gasteiger partial charge on any atom is -0.298 e. The lowest BCUT2D eigenvalue weighted by atomic mass is 10.1. The Morgan fingerprint density at radius 1 is 1.08 bits per heavy atom. The summed E-state index contributed by atoms with van der Waals surface area (Å²) in [6, 6.07) is 10.3. The van der Waals surface area contributed by atoms with Crippen molar-refractivity contribution in [1.29, 1.82) is 0 Å². The Morgan fingerprint density at radius 2 is 1.69 bits per heavy atom. The van der Waals surface area contributed by atoms with Gasteiger partial charge in [-0.05, 0) is 22.9 Å². The fourth-order valence-electron chi connectivity index (χ4n) is 1.32. The number of aldehydes is 1. The van der Waals surface area contributed by atoms with Crippen molar-refractivity contribution < 1.29 is 9.18 Å². The van der Waals surface area contributed by atoms with Crippen LogP contribution in [-0.2, 0) is 0 Å². The molecule has 0 saturated heterocycles. The lowest BCUT2D eigenvalue weighted by Gasteiger charge is -1.99. The predicted molar refractivity (Wildman–Crippen MR) is 49.3 cm³/mol. The molecule has 0 atom stereocenters. The van der Waals surface area contributed by atoms with Crippen molar-refractivity contribution in [1.82, 2.24) is 0 Å². The highest BCUT2D eigenvalue weighted by Crippen LogP contribution is 2.17. The van der Waals surface area contributed by atoms with E-state index in [9.17, 15) is 9.18 Å². The summed E-state index contributed by atoms with van der Waals surface area (Å²) in [5.74, 6) is -0.464. The van der Waals surface area contributed by atoms with E-state index in [0.29, 0.717) is 6.29 Å². The molecular formula is C11H7FO. The van der Waals surface area contributed by atoms with Gasteiger partial charge >= 0.3 is 0 Å². The number of carbonyl (C=O) groups excluding carboxylic acids is 1. The van der Waals surface area contributed by atoms with Gasteiger partial charge in [0.1, 0.15) is 5.82 Å². The topological polar surface area (TPSA) is 17.1 Å². The molecule has 0 radical (unpaired) electrons. The summed E-state index contributed by atoms with van der Waals surface area (Å²) in [4.78, 5) is 10.4. The van der Waals surface area contributed by atoms with Gasteiger partial charge in [-0.15, -0.1) is 0 Å². The third kappa shape index (κ3) is 1.31. The molecule has 0 aliphatic rings. The first-order valence-corrected chi connectivity index (χ1v) is 3.95. The molecule has 0 aromatic heterocycles. The van der Waals surface area contributed by atoms with Crippen LogP contribution in [0.2, 0.25) is 0 Å². The minimum absolute atomic E-state index is 0.110. The van der Waals surface area contributed by atoms with Crippen molar-refractivity contribution in [2.75, 3.05) is 0 Å². The van der Waals surface area contributed by atoms with Crippen molar-refractivity contribution in [2.24, 2.45) is 0 Å². The third-order valence-electron chi connectivity index (χ3n) is 1.99. The highest BCUT2D eigenvalue weighted by atomic mass is 19.1. The number of fused-ring (bicyclic) bond motifs is 1. The molecule has 0 aliphatic carbocycles. The van der Waals surface area contributed by atoms with E-state index >= 15 is 0 Å². The molecule has 0 fully saturated rings. The number of hydrogen-bond donors (Lipinski definition) is 0. The van der Waals surface area contributed by atoms with Crippen LogP contribution >= 0.6 is 0 Å². The van der Waals surface area contributed by atoms with Crippen LogP contribution in [0.15, 0.2) is 36.4 Å². The Bertz CT molecular complexity index is 463. The Kier molecular flexibility index (Phi) is 1.81. The summed E-state index contributed by atoms with van der Waals surface area (Å²) in [7, 11) is 0. The van der Waals surface area contributed by atoms with Gasteiger partial charge in [-0.3, -0.25) is 4.79 Å². The minimum atomic E-state index is -0.464. The molecule has 2 aromatic carbocycles. The van der Waals surface area contributed by atoms with Crippen molar-refractivity contribution in [3.8, 4) is 0 Å². The molecule has 2 rings (SSSR count). The van der Waals surface area contributed by atoms with Gasteiger partial charge in [-0.25, -0.2) is 4.39 Å². The average molecular weight is 174 g/mol. The van der Waals surface area contributed by atoms with E-state index in [1.807, 2.05) is 24.3 Å². The van der Waals surface area contributed by atoms with Crippen LogP contribution in [0.5, 0.6) is 0 Å². The summed E-state index contributed by atoms with van der Waals surface area (Å²) < 4.78 is 13.1. The van der Waals surface area contributed by atoms with Gasteiger partial charge in [-0.2, -0.15) is 0 Å². The smallest absolute Gasteiger partial charge is 0.153 e. The van der Waals surface area contributed by atoms with Crippen LogP contribution in [0.4, 0.5) is 4.39 Å². The maximum Gasteiger partial charge on any atom is 0.153 e. The fraction of sp³-hybridized carbons (Fsp3) is 0. The summed E-state index contributed by atoms with van der Waals surface area (Å²) >= 11 is 0. The molecule has 0 amide bonds. The molecule has 0 unspecified atom stereocenters. The molecule has 0 N–H and O–H groups in total. The Hall–Kier alpha value is -1.70. The average Bonchev–Trinajstić information content (AvgIpc) is 2.17. The second kappa shape index (κ2) is 2.98. The zero-order valence-electron chi connectivity index (χ0n) is 6.83. The molecule has 2 aromatic rings. The van der Waals surface area contributed by atoms with E-state index in [-0.39, 0.29) is 5.56 Å². The van der Waals surface area contributed by atoms with E-state index < -0.39 is 5.82 Å². The van der Waals surface area contributed by atoms with Crippen LogP contribution in [0.1, 0.15) is 10.4 Å². The zero-order chi connectivity index (χ0) is 9.26. The molecular weight excluding hydrogens is 167 g/mol. The summed E-state index contributed by atoms with van der Waals surface area (Å²) in [5, 5.41) is 1.69.